The molecule has 2 heterocycles. The lowest BCUT2D eigenvalue weighted by Gasteiger charge is -2.18. The zero-order valence-corrected chi connectivity index (χ0v) is 15.0. The summed E-state index contributed by atoms with van der Waals surface area (Å²) < 4.78 is 12.7. The highest BCUT2D eigenvalue weighted by Gasteiger charge is 2.16. The molecule has 0 saturated carbocycles. The summed E-state index contributed by atoms with van der Waals surface area (Å²) in [7, 11) is 0. The van der Waals surface area contributed by atoms with Crippen LogP contribution in [0.4, 0.5) is 5.82 Å². The number of Topliss-reactive ketones (excluding diaryl/α,β-unsaturated/α-hetero) is 1. The van der Waals surface area contributed by atoms with E-state index in [0.29, 0.717) is 42.0 Å². The molecule has 1 amide bonds. The van der Waals surface area contributed by atoms with Crippen molar-refractivity contribution >= 4 is 17.5 Å². The van der Waals surface area contributed by atoms with Crippen LogP contribution in [0.2, 0.25) is 0 Å². The number of hydrogen-bond acceptors (Lipinski definition) is 5. The number of hydrogen-bond donors (Lipinski definition) is 1. The van der Waals surface area contributed by atoms with Crippen LogP contribution in [0.3, 0.4) is 0 Å². The van der Waals surface area contributed by atoms with Gasteiger partial charge in [0.1, 0.15) is 19.0 Å². The monoisotopic (exact) mass is 357 g/mol. The van der Waals surface area contributed by atoms with Crippen molar-refractivity contribution in [3.8, 4) is 11.5 Å². The second-order valence-corrected chi connectivity index (χ2v) is 6.62. The standard InChI is InChI=1S/C19H23N3O4/c1-13(2)12-22-18(7-8-20-22)21-19(24)6-4-15(23)14-3-5-16-17(11-14)26-10-9-25-16/h3,5,7-8,11,13H,4,6,9-10,12H2,1-2H3,(H,21,24). The van der Waals surface area contributed by atoms with Gasteiger partial charge in [0.05, 0.1) is 6.20 Å². The Morgan fingerprint density at radius 1 is 1.15 bits per heavy atom. The Morgan fingerprint density at radius 3 is 2.69 bits per heavy atom. The molecule has 0 aliphatic carbocycles. The van der Waals surface area contributed by atoms with E-state index in [1.807, 2.05) is 0 Å². The minimum Gasteiger partial charge on any atom is -0.486 e. The zero-order chi connectivity index (χ0) is 18.5. The third-order valence-corrected chi connectivity index (χ3v) is 3.97. The smallest absolute Gasteiger partial charge is 0.225 e. The van der Waals surface area contributed by atoms with Crippen molar-refractivity contribution < 1.29 is 19.1 Å². The number of nitrogens with one attached hydrogen (secondary N) is 1. The Kier molecular flexibility index (Phi) is 5.55. The number of ether oxygens (including phenoxy) is 2. The maximum Gasteiger partial charge on any atom is 0.225 e. The minimum atomic E-state index is -0.207. The maximum atomic E-state index is 12.4. The number of benzene rings is 1. The number of nitrogens with zero attached hydrogens (tertiary/aromatic N) is 2. The number of anilines is 1. The van der Waals surface area contributed by atoms with Gasteiger partial charge >= 0.3 is 0 Å². The van der Waals surface area contributed by atoms with Gasteiger partial charge < -0.3 is 14.8 Å². The van der Waals surface area contributed by atoms with Gasteiger partial charge in [-0.1, -0.05) is 13.8 Å². The van der Waals surface area contributed by atoms with Crippen molar-refractivity contribution in [2.45, 2.75) is 33.2 Å². The highest BCUT2D eigenvalue weighted by atomic mass is 16.6. The molecular weight excluding hydrogens is 334 g/mol. The molecule has 0 fully saturated rings. The minimum absolute atomic E-state index is 0.104. The summed E-state index contributed by atoms with van der Waals surface area (Å²) in [5.41, 5.74) is 0.520. The van der Waals surface area contributed by atoms with E-state index in [1.54, 1.807) is 35.1 Å². The Balaban J connectivity index is 1.54. The number of ketones is 1. The predicted molar refractivity (Wildman–Crippen MR) is 96.7 cm³/mol. The second kappa shape index (κ2) is 8.03. The van der Waals surface area contributed by atoms with Crippen molar-refractivity contribution in [2.24, 2.45) is 5.92 Å². The summed E-state index contributed by atoms with van der Waals surface area (Å²) in [5, 5.41) is 7.02. The van der Waals surface area contributed by atoms with E-state index < -0.39 is 0 Å². The fourth-order valence-corrected chi connectivity index (χ4v) is 2.72. The van der Waals surface area contributed by atoms with Gasteiger partial charge in [0, 0.05) is 31.0 Å². The highest BCUT2D eigenvalue weighted by Crippen LogP contribution is 2.31. The summed E-state index contributed by atoms with van der Waals surface area (Å²) in [6, 6.07) is 6.85. The molecule has 2 aromatic rings. The molecule has 26 heavy (non-hydrogen) atoms. The number of amides is 1. The topological polar surface area (TPSA) is 82.5 Å². The van der Waals surface area contributed by atoms with Gasteiger partial charge in [0.25, 0.3) is 0 Å². The van der Waals surface area contributed by atoms with Crippen molar-refractivity contribution in [3.63, 3.8) is 0 Å². The summed E-state index contributed by atoms with van der Waals surface area (Å²) in [6.45, 7) is 5.86. The van der Waals surface area contributed by atoms with Crippen molar-refractivity contribution in [1.29, 1.82) is 0 Å². The second-order valence-electron chi connectivity index (χ2n) is 6.62. The molecule has 0 radical (unpaired) electrons. The van der Waals surface area contributed by atoms with Crippen LogP contribution in [0.25, 0.3) is 0 Å². The molecule has 7 heteroatoms. The molecule has 7 nitrogen and oxygen atoms in total. The van der Waals surface area contributed by atoms with Crippen molar-refractivity contribution in [1.82, 2.24) is 9.78 Å². The first-order chi connectivity index (χ1) is 12.5. The van der Waals surface area contributed by atoms with Gasteiger partial charge in [0.2, 0.25) is 5.91 Å². The van der Waals surface area contributed by atoms with Crippen LogP contribution in [0.5, 0.6) is 11.5 Å². The van der Waals surface area contributed by atoms with Gasteiger partial charge in [-0.05, 0) is 24.1 Å². The molecule has 0 spiro atoms. The lowest BCUT2D eigenvalue weighted by Crippen LogP contribution is -2.18. The fourth-order valence-electron chi connectivity index (χ4n) is 2.72. The number of carbonyl (C=O) groups excluding carboxylic acids is 2. The Bertz CT molecular complexity index is 798. The number of carbonyl (C=O) groups is 2. The molecule has 138 valence electrons. The highest BCUT2D eigenvalue weighted by molar-refractivity contribution is 6.00. The van der Waals surface area contributed by atoms with Crippen LogP contribution in [-0.4, -0.2) is 34.7 Å². The van der Waals surface area contributed by atoms with Crippen molar-refractivity contribution in [3.05, 3.63) is 36.0 Å². The van der Waals surface area contributed by atoms with Crippen LogP contribution < -0.4 is 14.8 Å². The van der Waals surface area contributed by atoms with Gasteiger partial charge in [0.15, 0.2) is 17.3 Å². The SMILES string of the molecule is CC(C)Cn1nccc1NC(=O)CCC(=O)c1ccc2c(c1)OCCO2. The average molecular weight is 357 g/mol. The molecule has 0 unspecified atom stereocenters. The predicted octanol–water partition coefficient (Wildman–Crippen LogP) is 2.91. The molecule has 1 aliphatic heterocycles. The first kappa shape index (κ1) is 18.0. The lowest BCUT2D eigenvalue weighted by molar-refractivity contribution is -0.116. The summed E-state index contributed by atoms with van der Waals surface area (Å²) in [6.07, 6.45) is 1.89. The Labute approximate surface area is 152 Å². The molecule has 3 rings (SSSR count). The third-order valence-electron chi connectivity index (χ3n) is 3.97. The largest absolute Gasteiger partial charge is 0.486 e. The van der Waals surface area contributed by atoms with E-state index >= 15 is 0 Å². The molecule has 1 aromatic heterocycles. The van der Waals surface area contributed by atoms with Gasteiger partial charge in [-0.25, -0.2) is 4.68 Å². The molecule has 1 aromatic carbocycles. The van der Waals surface area contributed by atoms with Gasteiger partial charge in [-0.2, -0.15) is 5.10 Å². The van der Waals surface area contributed by atoms with Gasteiger partial charge in [-0.3, -0.25) is 9.59 Å². The molecule has 1 N–H and O–H groups in total. The molecular formula is C19H23N3O4. The van der Waals surface area contributed by atoms with Crippen molar-refractivity contribution in [2.75, 3.05) is 18.5 Å². The maximum absolute atomic E-state index is 12.4. The zero-order valence-electron chi connectivity index (χ0n) is 15.0. The van der Waals surface area contributed by atoms with Gasteiger partial charge in [-0.15, -0.1) is 0 Å². The van der Waals surface area contributed by atoms with E-state index in [-0.39, 0.29) is 24.5 Å². The average Bonchev–Trinajstić information content (AvgIpc) is 3.05. The normalized spacial score (nSPS) is 12.9. The molecule has 0 saturated heterocycles. The number of fused-ring (bicyclic) bond motifs is 1. The third kappa shape index (κ3) is 4.41. The molecule has 0 bridgehead atoms. The lowest BCUT2D eigenvalue weighted by atomic mass is 10.1. The van der Waals surface area contributed by atoms with Crippen LogP contribution in [0.15, 0.2) is 30.5 Å². The fraction of sp³-hybridized carbons (Fsp3) is 0.421. The molecule has 0 atom stereocenters. The molecule has 1 aliphatic rings. The van der Waals surface area contributed by atoms with Crippen LogP contribution in [-0.2, 0) is 11.3 Å². The quantitative estimate of drug-likeness (QED) is 0.771. The van der Waals surface area contributed by atoms with Crippen LogP contribution >= 0.6 is 0 Å². The summed E-state index contributed by atoms with van der Waals surface area (Å²) >= 11 is 0. The van der Waals surface area contributed by atoms with E-state index in [1.165, 1.54) is 0 Å². The summed E-state index contributed by atoms with van der Waals surface area (Å²) in [5.74, 6) is 1.97. The number of aromatic nitrogens is 2. The van der Waals surface area contributed by atoms with E-state index in [4.69, 9.17) is 9.47 Å². The Hall–Kier alpha value is -2.83. The van der Waals surface area contributed by atoms with Crippen LogP contribution in [0, 0.1) is 5.92 Å². The van der Waals surface area contributed by atoms with E-state index in [9.17, 15) is 9.59 Å². The first-order valence-electron chi connectivity index (χ1n) is 8.77. The van der Waals surface area contributed by atoms with Crippen LogP contribution in [0.1, 0.15) is 37.0 Å². The first-order valence-corrected chi connectivity index (χ1v) is 8.77. The Morgan fingerprint density at radius 2 is 1.92 bits per heavy atom. The number of rotatable bonds is 7. The summed E-state index contributed by atoms with van der Waals surface area (Å²) in [4.78, 5) is 24.5. The van der Waals surface area contributed by atoms with E-state index in [0.717, 1.165) is 6.54 Å². The van der Waals surface area contributed by atoms with E-state index in [2.05, 4.69) is 24.3 Å².